The van der Waals surface area contributed by atoms with E-state index >= 15 is 0 Å². The quantitative estimate of drug-likeness (QED) is 0.666. The van der Waals surface area contributed by atoms with Crippen molar-refractivity contribution in [3.8, 4) is 11.8 Å². The van der Waals surface area contributed by atoms with Crippen LogP contribution < -0.4 is 5.73 Å². The largest absolute Gasteiger partial charge is 0.406 e. The Balaban J connectivity index is 2.92. The van der Waals surface area contributed by atoms with Crippen molar-refractivity contribution in [3.05, 3.63) is 35.1 Å². The summed E-state index contributed by atoms with van der Waals surface area (Å²) in [6.07, 6.45) is -4.50. The summed E-state index contributed by atoms with van der Waals surface area (Å²) in [4.78, 5) is 12.2. The monoisotopic (exact) mass is 288 g/mol. The Morgan fingerprint density at radius 2 is 2.05 bits per heavy atom. The fourth-order valence-electron chi connectivity index (χ4n) is 1.46. The van der Waals surface area contributed by atoms with Crippen molar-refractivity contribution >= 4 is 5.91 Å². The van der Waals surface area contributed by atoms with E-state index in [0.29, 0.717) is 4.90 Å². The van der Waals surface area contributed by atoms with E-state index in [0.717, 1.165) is 13.1 Å². The first-order valence-electron chi connectivity index (χ1n) is 5.55. The number of carbonyl (C=O) groups is 1. The Morgan fingerprint density at radius 3 is 2.55 bits per heavy atom. The fourth-order valence-corrected chi connectivity index (χ4v) is 1.46. The van der Waals surface area contributed by atoms with Gasteiger partial charge in [0.05, 0.1) is 12.1 Å². The van der Waals surface area contributed by atoms with Crippen LogP contribution >= 0.6 is 0 Å². The van der Waals surface area contributed by atoms with Gasteiger partial charge in [-0.05, 0) is 18.2 Å². The van der Waals surface area contributed by atoms with E-state index in [4.69, 9.17) is 5.73 Å². The van der Waals surface area contributed by atoms with E-state index in [2.05, 4.69) is 11.8 Å². The molecule has 0 radical (unpaired) electrons. The molecule has 0 unspecified atom stereocenters. The summed E-state index contributed by atoms with van der Waals surface area (Å²) in [6.45, 7) is -1.35. The smallest absolute Gasteiger partial charge is 0.333 e. The molecule has 0 atom stereocenters. The predicted molar refractivity (Wildman–Crippen MR) is 65.3 cm³/mol. The average Bonchev–Trinajstić information content (AvgIpc) is 2.34. The highest BCUT2D eigenvalue weighted by molar-refractivity contribution is 5.94. The van der Waals surface area contributed by atoms with Crippen LogP contribution in [0.25, 0.3) is 0 Å². The zero-order chi connectivity index (χ0) is 15.3. The van der Waals surface area contributed by atoms with Crippen LogP contribution in [-0.2, 0) is 0 Å². The second-order valence-corrected chi connectivity index (χ2v) is 3.98. The van der Waals surface area contributed by atoms with Crippen molar-refractivity contribution in [2.45, 2.75) is 6.18 Å². The number of rotatable bonds is 2. The zero-order valence-electron chi connectivity index (χ0n) is 10.6. The Kier molecular flexibility index (Phi) is 5.11. The minimum Gasteiger partial charge on any atom is -0.333 e. The molecule has 1 aromatic carbocycles. The van der Waals surface area contributed by atoms with E-state index in [-0.39, 0.29) is 17.7 Å². The molecule has 108 valence electrons. The van der Waals surface area contributed by atoms with E-state index in [9.17, 15) is 22.4 Å². The topological polar surface area (TPSA) is 46.3 Å². The van der Waals surface area contributed by atoms with Crippen LogP contribution in [0.3, 0.4) is 0 Å². The van der Waals surface area contributed by atoms with Crippen LogP contribution in [0.15, 0.2) is 18.2 Å². The molecule has 0 aliphatic heterocycles. The number of amides is 1. The molecule has 0 aromatic heterocycles. The molecule has 7 heteroatoms. The lowest BCUT2D eigenvalue weighted by atomic mass is 10.1. The molecule has 1 amide bonds. The van der Waals surface area contributed by atoms with Gasteiger partial charge in [-0.2, -0.15) is 13.2 Å². The summed E-state index contributed by atoms with van der Waals surface area (Å²) >= 11 is 0. The molecule has 0 aliphatic rings. The molecule has 0 aliphatic carbocycles. The molecule has 20 heavy (non-hydrogen) atoms. The first-order chi connectivity index (χ1) is 9.24. The SMILES string of the molecule is CN(CC(F)(F)F)C(=O)c1ccc(C#CCN)c(F)c1. The third-order valence-electron chi connectivity index (χ3n) is 2.30. The van der Waals surface area contributed by atoms with Gasteiger partial charge in [0.15, 0.2) is 0 Å². The Labute approximate surface area is 113 Å². The normalized spacial score (nSPS) is 10.7. The van der Waals surface area contributed by atoms with Crippen LogP contribution in [0, 0.1) is 17.7 Å². The zero-order valence-corrected chi connectivity index (χ0v) is 10.6. The van der Waals surface area contributed by atoms with Crippen molar-refractivity contribution in [3.63, 3.8) is 0 Å². The fraction of sp³-hybridized carbons (Fsp3) is 0.308. The molecule has 3 nitrogen and oxygen atoms in total. The predicted octanol–water partition coefficient (Wildman–Crippen LogP) is 1.77. The van der Waals surface area contributed by atoms with E-state index < -0.39 is 24.4 Å². The van der Waals surface area contributed by atoms with Gasteiger partial charge in [-0.1, -0.05) is 11.8 Å². The number of nitrogens with two attached hydrogens (primary N) is 1. The van der Waals surface area contributed by atoms with Gasteiger partial charge in [-0.3, -0.25) is 4.79 Å². The number of hydrogen-bond acceptors (Lipinski definition) is 2. The number of hydrogen-bond donors (Lipinski definition) is 1. The van der Waals surface area contributed by atoms with Crippen LogP contribution in [0.5, 0.6) is 0 Å². The molecule has 0 saturated carbocycles. The molecule has 0 bridgehead atoms. The molecule has 1 aromatic rings. The summed E-state index contributed by atoms with van der Waals surface area (Å²) < 4.78 is 50.1. The minimum absolute atomic E-state index is 0.0328. The van der Waals surface area contributed by atoms with Gasteiger partial charge < -0.3 is 10.6 Å². The molecule has 0 spiro atoms. The highest BCUT2D eigenvalue weighted by atomic mass is 19.4. The van der Waals surface area contributed by atoms with E-state index in [1.807, 2.05) is 0 Å². The van der Waals surface area contributed by atoms with Gasteiger partial charge in [0.1, 0.15) is 12.4 Å². The first kappa shape index (κ1) is 16.0. The Hall–Kier alpha value is -2.07. The highest BCUT2D eigenvalue weighted by Crippen LogP contribution is 2.18. The van der Waals surface area contributed by atoms with Gasteiger partial charge in [-0.15, -0.1) is 0 Å². The number of carbonyl (C=O) groups excluding carboxylic acids is 1. The van der Waals surface area contributed by atoms with Gasteiger partial charge in [0.25, 0.3) is 5.91 Å². The van der Waals surface area contributed by atoms with Crippen molar-refractivity contribution in [2.24, 2.45) is 5.73 Å². The lowest BCUT2D eigenvalue weighted by molar-refractivity contribution is -0.138. The summed E-state index contributed by atoms with van der Waals surface area (Å²) in [6, 6.07) is 3.31. The first-order valence-corrected chi connectivity index (χ1v) is 5.55. The van der Waals surface area contributed by atoms with Gasteiger partial charge in [0.2, 0.25) is 0 Å². The third kappa shape index (κ3) is 4.55. The molecule has 1 rings (SSSR count). The standard InChI is InChI=1S/C13H12F4N2O/c1-19(8-13(15,16)17)12(20)10-5-4-9(3-2-6-18)11(14)7-10/h4-5,7H,6,8,18H2,1H3. The van der Waals surface area contributed by atoms with Gasteiger partial charge in [-0.25, -0.2) is 4.39 Å². The van der Waals surface area contributed by atoms with Crippen LogP contribution in [0.4, 0.5) is 17.6 Å². The van der Waals surface area contributed by atoms with Crippen LogP contribution in [0.2, 0.25) is 0 Å². The lowest BCUT2D eigenvalue weighted by Gasteiger charge is -2.19. The second-order valence-electron chi connectivity index (χ2n) is 3.98. The van der Waals surface area contributed by atoms with Crippen LogP contribution in [-0.4, -0.2) is 37.1 Å². The Morgan fingerprint density at radius 1 is 1.40 bits per heavy atom. The molecular formula is C13H12F4N2O. The van der Waals surface area contributed by atoms with Crippen molar-refractivity contribution in [1.82, 2.24) is 4.90 Å². The maximum absolute atomic E-state index is 13.6. The van der Waals surface area contributed by atoms with Crippen LogP contribution in [0.1, 0.15) is 15.9 Å². The molecule has 0 saturated heterocycles. The van der Waals surface area contributed by atoms with Crippen molar-refractivity contribution < 1.29 is 22.4 Å². The van der Waals surface area contributed by atoms with Gasteiger partial charge >= 0.3 is 6.18 Å². The molecule has 0 heterocycles. The molecule has 0 fully saturated rings. The summed E-state index contributed by atoms with van der Waals surface area (Å²) in [5.74, 6) is 3.20. The maximum Gasteiger partial charge on any atom is 0.406 e. The van der Waals surface area contributed by atoms with E-state index in [1.165, 1.54) is 12.1 Å². The average molecular weight is 288 g/mol. The summed E-state index contributed by atoms with van der Waals surface area (Å²) in [5.41, 5.74) is 5.00. The number of nitrogens with zero attached hydrogens (tertiary/aromatic N) is 1. The van der Waals surface area contributed by atoms with Crippen molar-refractivity contribution in [1.29, 1.82) is 0 Å². The second kappa shape index (κ2) is 6.39. The molecular weight excluding hydrogens is 276 g/mol. The van der Waals surface area contributed by atoms with E-state index in [1.54, 1.807) is 0 Å². The lowest BCUT2D eigenvalue weighted by Crippen LogP contribution is -2.35. The maximum atomic E-state index is 13.6. The number of benzene rings is 1. The van der Waals surface area contributed by atoms with Gasteiger partial charge in [0, 0.05) is 12.6 Å². The number of alkyl halides is 3. The Bertz CT molecular complexity index is 558. The minimum atomic E-state index is -4.50. The highest BCUT2D eigenvalue weighted by Gasteiger charge is 2.31. The summed E-state index contributed by atoms with van der Waals surface area (Å²) in [5, 5.41) is 0. The summed E-state index contributed by atoms with van der Waals surface area (Å²) in [7, 11) is 0.996. The third-order valence-corrected chi connectivity index (χ3v) is 2.30. The molecule has 2 N–H and O–H groups in total. The van der Waals surface area contributed by atoms with Crippen molar-refractivity contribution in [2.75, 3.05) is 20.1 Å². The number of halogens is 4.